The Morgan fingerprint density at radius 3 is 0.804 bits per heavy atom. The molecule has 0 bridgehead atoms. The van der Waals surface area contributed by atoms with Crippen LogP contribution in [0.25, 0.3) is 0 Å². The van der Waals surface area contributed by atoms with E-state index >= 15 is 0 Å². The van der Waals surface area contributed by atoms with Crippen molar-refractivity contribution < 1.29 is 66.5 Å². The molecule has 0 aromatic carbocycles. The van der Waals surface area contributed by atoms with Crippen LogP contribution in [0.1, 0.15) is 0 Å². The predicted molar refractivity (Wildman–Crippen MR) is 155 cm³/mol. The zero-order valence-electron chi connectivity index (χ0n) is 25.9. The maximum atomic E-state index is 11.1. The molecule has 0 saturated heterocycles. The number of nitrogens with one attached hydrogen (secondary N) is 4. The van der Waals surface area contributed by atoms with Crippen LogP contribution in [0.15, 0.2) is 0 Å². The van der Waals surface area contributed by atoms with E-state index in [4.69, 9.17) is 70.7 Å². The molecule has 0 rings (SSSR count). The molecule has 46 heavy (non-hydrogen) atoms. The zero-order valence-corrected chi connectivity index (χ0v) is 25.9. The summed E-state index contributed by atoms with van der Waals surface area (Å²) < 4.78 is 54.5. The number of carbonyl (C=O) groups excluding carboxylic acids is 4. The van der Waals surface area contributed by atoms with Gasteiger partial charge in [-0.3, -0.25) is 40.9 Å². The fraction of sp³-hybridized carbons (Fsp3) is 0.833. The summed E-state index contributed by atoms with van der Waals surface area (Å²) in [7, 11) is 0. The van der Waals surface area contributed by atoms with E-state index in [2.05, 4.69) is 0 Å². The minimum atomic E-state index is -0.500. The maximum absolute atomic E-state index is 11.1. The van der Waals surface area contributed by atoms with Crippen LogP contribution in [0.4, 0.5) is 0 Å². The van der Waals surface area contributed by atoms with E-state index in [1.807, 2.05) is 21.7 Å². The number of hydrogen-bond donors (Lipinski definition) is 8. The molecule has 0 aliphatic rings. The zero-order chi connectivity index (χ0) is 34.1. The van der Waals surface area contributed by atoms with Gasteiger partial charge in [-0.25, -0.2) is 23.4 Å². The van der Waals surface area contributed by atoms with Crippen LogP contribution in [0.2, 0.25) is 0 Å². The highest BCUT2D eigenvalue weighted by Crippen LogP contribution is 2.00. The average molecular weight is 675 g/mol. The van der Waals surface area contributed by atoms with Gasteiger partial charge in [-0.05, 0) is 0 Å². The monoisotopic (exact) mass is 674 g/mol. The SMILES string of the molecule is NNC(=O)COCCOCC(COCCOCC(=O)NN)OCCOC(COCCOCC(=O)NN)COCCOCC(=O)NN. The van der Waals surface area contributed by atoms with Gasteiger partial charge in [0.05, 0.1) is 92.5 Å². The quantitative estimate of drug-likeness (QED) is 0.0139. The number of hydrazine groups is 4. The van der Waals surface area contributed by atoms with Crippen molar-refractivity contribution in [1.29, 1.82) is 0 Å². The van der Waals surface area contributed by atoms with E-state index in [0.717, 1.165) is 0 Å². The van der Waals surface area contributed by atoms with Gasteiger partial charge in [0, 0.05) is 0 Å². The van der Waals surface area contributed by atoms with Gasteiger partial charge in [0.2, 0.25) is 0 Å². The summed E-state index contributed by atoms with van der Waals surface area (Å²) in [4.78, 5) is 44.4. The molecule has 22 heteroatoms. The lowest BCUT2D eigenvalue weighted by Gasteiger charge is -2.21. The van der Waals surface area contributed by atoms with Crippen LogP contribution in [0, 0.1) is 0 Å². The summed E-state index contributed by atoms with van der Waals surface area (Å²) in [5, 5.41) is 0. The summed E-state index contributed by atoms with van der Waals surface area (Å²) in [5.41, 5.74) is 7.82. The Kier molecular flexibility index (Phi) is 30.4. The standard InChI is InChI=1S/C24H50N8O14/c25-29-21(33)15-41-5-1-37-11-19(12-38-2-6-42-16-22(34)30-26)45-9-10-46-20(13-39-3-7-43-17-23(35)31-27)14-40-4-8-44-18-24(36)32-28/h19-20H,1-18,25-28H2,(H,29,33)(H,30,34)(H,31,35)(H,32,36). The van der Waals surface area contributed by atoms with Crippen LogP contribution in [-0.2, 0) is 66.5 Å². The highest BCUT2D eigenvalue weighted by atomic mass is 16.6. The summed E-state index contributed by atoms with van der Waals surface area (Å²) in [6.45, 7) is 1.42. The highest BCUT2D eigenvalue weighted by Gasteiger charge is 2.14. The second kappa shape index (κ2) is 32.3. The Labute approximate surface area is 266 Å². The van der Waals surface area contributed by atoms with E-state index in [1.165, 1.54) is 0 Å². The van der Waals surface area contributed by atoms with Crippen LogP contribution < -0.4 is 45.1 Å². The molecule has 0 heterocycles. The predicted octanol–water partition coefficient (Wildman–Crippen LogP) is -6.15. The summed E-state index contributed by atoms with van der Waals surface area (Å²) in [6, 6.07) is 0. The molecule has 0 spiro atoms. The molecule has 12 N–H and O–H groups in total. The van der Waals surface area contributed by atoms with Gasteiger partial charge in [0.25, 0.3) is 23.6 Å². The lowest BCUT2D eigenvalue weighted by Crippen LogP contribution is -2.34. The smallest absolute Gasteiger partial charge is 0.259 e. The van der Waals surface area contributed by atoms with Crippen LogP contribution >= 0.6 is 0 Å². The van der Waals surface area contributed by atoms with Crippen molar-refractivity contribution in [3.05, 3.63) is 0 Å². The van der Waals surface area contributed by atoms with Gasteiger partial charge in [-0.2, -0.15) is 0 Å². The lowest BCUT2D eigenvalue weighted by atomic mass is 10.4. The third-order valence-corrected chi connectivity index (χ3v) is 5.07. The Morgan fingerprint density at radius 1 is 0.370 bits per heavy atom. The summed E-state index contributed by atoms with van der Waals surface area (Å²) in [5.74, 6) is 18.1. The van der Waals surface area contributed by atoms with Gasteiger partial charge in [0.1, 0.15) is 38.6 Å². The topological polar surface area (TPSA) is 313 Å². The molecule has 270 valence electrons. The van der Waals surface area contributed by atoms with Crippen molar-refractivity contribution in [3.63, 3.8) is 0 Å². The molecular formula is C24H50N8O14. The van der Waals surface area contributed by atoms with Crippen LogP contribution in [-0.4, -0.2) is 155 Å². The fourth-order valence-corrected chi connectivity index (χ4v) is 2.87. The fourth-order valence-electron chi connectivity index (χ4n) is 2.87. The van der Waals surface area contributed by atoms with Gasteiger partial charge in [0.15, 0.2) is 0 Å². The Hall–Kier alpha value is -2.68. The Balaban J connectivity index is 4.64. The van der Waals surface area contributed by atoms with Crippen molar-refractivity contribution in [2.24, 2.45) is 23.4 Å². The van der Waals surface area contributed by atoms with E-state index in [-0.39, 0.29) is 119 Å². The second-order valence-corrected chi connectivity index (χ2v) is 8.77. The summed E-state index contributed by atoms with van der Waals surface area (Å²) in [6.07, 6.45) is -1.00. The molecule has 0 atom stereocenters. The van der Waals surface area contributed by atoms with Gasteiger partial charge in [-0.1, -0.05) is 0 Å². The third-order valence-electron chi connectivity index (χ3n) is 5.07. The molecule has 0 aliphatic carbocycles. The molecule has 0 saturated carbocycles. The third kappa shape index (κ3) is 28.8. The molecule has 0 aromatic heterocycles. The van der Waals surface area contributed by atoms with Crippen molar-refractivity contribution in [2.75, 3.05) is 119 Å². The average Bonchev–Trinajstić information content (AvgIpc) is 3.07. The number of amides is 4. The molecule has 0 aromatic rings. The lowest BCUT2D eigenvalue weighted by molar-refractivity contribution is -0.129. The van der Waals surface area contributed by atoms with Crippen molar-refractivity contribution in [2.45, 2.75) is 12.2 Å². The minimum Gasteiger partial charge on any atom is -0.376 e. The molecule has 0 fully saturated rings. The Bertz CT molecular complexity index is 671. The van der Waals surface area contributed by atoms with E-state index < -0.39 is 35.8 Å². The number of rotatable bonds is 33. The van der Waals surface area contributed by atoms with Gasteiger partial charge >= 0.3 is 0 Å². The number of hydrogen-bond acceptors (Lipinski definition) is 18. The first-order valence-electron chi connectivity index (χ1n) is 14.2. The molecule has 22 nitrogen and oxygen atoms in total. The number of carbonyl (C=O) groups is 4. The first-order chi connectivity index (χ1) is 22.4. The molecule has 0 radical (unpaired) electrons. The number of nitrogens with two attached hydrogens (primary N) is 4. The first-order valence-corrected chi connectivity index (χ1v) is 14.2. The largest absolute Gasteiger partial charge is 0.376 e. The molecular weight excluding hydrogens is 624 g/mol. The normalized spacial score (nSPS) is 11.2. The van der Waals surface area contributed by atoms with Crippen LogP contribution in [0.5, 0.6) is 0 Å². The van der Waals surface area contributed by atoms with E-state index in [9.17, 15) is 19.2 Å². The summed E-state index contributed by atoms with van der Waals surface area (Å²) >= 11 is 0. The van der Waals surface area contributed by atoms with Gasteiger partial charge in [-0.15, -0.1) is 0 Å². The molecule has 0 aliphatic heterocycles. The number of ether oxygens (including phenoxy) is 10. The molecule has 0 unspecified atom stereocenters. The van der Waals surface area contributed by atoms with Crippen LogP contribution in [0.3, 0.4) is 0 Å². The highest BCUT2D eigenvalue weighted by molar-refractivity contribution is 5.77. The minimum absolute atomic E-state index is 0.142. The van der Waals surface area contributed by atoms with Crippen molar-refractivity contribution >= 4 is 23.6 Å². The van der Waals surface area contributed by atoms with E-state index in [0.29, 0.717) is 0 Å². The van der Waals surface area contributed by atoms with E-state index in [1.54, 1.807) is 0 Å². The maximum Gasteiger partial charge on any atom is 0.259 e. The Morgan fingerprint density at radius 2 is 0.587 bits per heavy atom. The second-order valence-electron chi connectivity index (χ2n) is 8.77. The van der Waals surface area contributed by atoms with Crippen molar-refractivity contribution in [3.8, 4) is 0 Å². The van der Waals surface area contributed by atoms with Gasteiger partial charge < -0.3 is 47.4 Å². The first kappa shape index (κ1) is 43.3. The molecule has 4 amide bonds. The van der Waals surface area contributed by atoms with Crippen molar-refractivity contribution in [1.82, 2.24) is 21.7 Å².